The molecule has 1 aromatic carbocycles. The molecular weight excluding hydrogens is 314 g/mol. The van der Waals surface area contributed by atoms with Crippen LogP contribution in [0.1, 0.15) is 55.3 Å². The van der Waals surface area contributed by atoms with Crippen molar-refractivity contribution in [1.29, 1.82) is 0 Å². The van der Waals surface area contributed by atoms with Gasteiger partial charge in [-0.25, -0.2) is 0 Å². The Labute approximate surface area is 148 Å². The quantitative estimate of drug-likeness (QED) is 0.864. The van der Waals surface area contributed by atoms with E-state index in [1.54, 1.807) is 12.1 Å². The Hall–Kier alpha value is -2.04. The summed E-state index contributed by atoms with van der Waals surface area (Å²) in [6, 6.07) is 5.40. The van der Waals surface area contributed by atoms with Crippen molar-refractivity contribution in [3.63, 3.8) is 0 Å². The van der Waals surface area contributed by atoms with Crippen molar-refractivity contribution in [3.05, 3.63) is 23.8 Å². The molecule has 25 heavy (non-hydrogen) atoms. The van der Waals surface area contributed by atoms with Crippen molar-refractivity contribution < 1.29 is 9.59 Å². The van der Waals surface area contributed by atoms with Crippen LogP contribution in [-0.2, 0) is 4.79 Å². The van der Waals surface area contributed by atoms with E-state index in [9.17, 15) is 9.59 Å². The highest BCUT2D eigenvalue weighted by molar-refractivity contribution is 5.99. The van der Waals surface area contributed by atoms with Gasteiger partial charge in [0.2, 0.25) is 11.8 Å². The molecule has 1 heterocycles. The van der Waals surface area contributed by atoms with E-state index in [-0.39, 0.29) is 5.91 Å². The first kappa shape index (κ1) is 16.4. The van der Waals surface area contributed by atoms with E-state index in [2.05, 4.69) is 10.2 Å². The molecule has 3 aliphatic rings. The molecule has 5 heteroatoms. The Kier molecular flexibility index (Phi) is 4.40. The molecule has 2 bridgehead atoms. The van der Waals surface area contributed by atoms with Crippen molar-refractivity contribution in [3.8, 4) is 0 Å². The summed E-state index contributed by atoms with van der Waals surface area (Å²) >= 11 is 0. The van der Waals surface area contributed by atoms with E-state index in [1.807, 2.05) is 6.07 Å². The number of hydrogen-bond donors (Lipinski definition) is 2. The molecule has 1 saturated heterocycles. The van der Waals surface area contributed by atoms with Gasteiger partial charge in [0.25, 0.3) is 0 Å². The van der Waals surface area contributed by atoms with Gasteiger partial charge in [-0.05, 0) is 68.1 Å². The fourth-order valence-corrected chi connectivity index (χ4v) is 5.09. The second kappa shape index (κ2) is 6.70. The molecule has 2 amide bonds. The van der Waals surface area contributed by atoms with Crippen molar-refractivity contribution in [1.82, 2.24) is 0 Å². The summed E-state index contributed by atoms with van der Waals surface area (Å²) in [6.07, 6.45) is 8.08. The van der Waals surface area contributed by atoms with Gasteiger partial charge in [-0.2, -0.15) is 0 Å². The normalized spacial score (nSPS) is 27.7. The molecule has 0 radical (unpaired) electrons. The van der Waals surface area contributed by atoms with Crippen LogP contribution >= 0.6 is 0 Å². The first-order chi connectivity index (χ1) is 12.1. The van der Waals surface area contributed by atoms with Gasteiger partial charge in [0, 0.05) is 25.1 Å². The average Bonchev–Trinajstić information content (AvgIpc) is 3.32. The number of nitrogens with zero attached hydrogens (tertiary/aromatic N) is 1. The molecule has 5 nitrogen and oxygen atoms in total. The van der Waals surface area contributed by atoms with Crippen LogP contribution < -0.4 is 16.0 Å². The number of nitrogens with one attached hydrogen (secondary N) is 1. The summed E-state index contributed by atoms with van der Waals surface area (Å²) in [5.41, 5.74) is 7.60. The number of rotatable bonds is 5. The number of fused-ring (bicyclic) bond motifs is 2. The summed E-state index contributed by atoms with van der Waals surface area (Å²) < 4.78 is 0. The number of nitrogens with two attached hydrogens (primary N) is 1. The highest BCUT2D eigenvalue weighted by Crippen LogP contribution is 2.49. The number of amides is 2. The van der Waals surface area contributed by atoms with Gasteiger partial charge in [0.05, 0.1) is 11.4 Å². The SMILES string of the molecule is NC(=O)c1ccc(N2CCCC2)c(NC(=O)CC2CC3CCC2C3)c1. The number of carbonyl (C=O) groups excluding carboxylic acids is 2. The van der Waals surface area contributed by atoms with Crippen LogP contribution in [0.25, 0.3) is 0 Å². The Morgan fingerprint density at radius 3 is 2.60 bits per heavy atom. The molecule has 3 unspecified atom stereocenters. The zero-order valence-electron chi connectivity index (χ0n) is 14.7. The molecule has 0 spiro atoms. The third-order valence-electron chi connectivity index (χ3n) is 6.33. The number of carbonyl (C=O) groups is 2. The predicted octanol–water partition coefficient (Wildman–Crippen LogP) is 3.15. The van der Waals surface area contributed by atoms with Crippen LogP contribution in [-0.4, -0.2) is 24.9 Å². The number of primary amides is 1. The topological polar surface area (TPSA) is 75.4 Å². The van der Waals surface area contributed by atoms with Crippen LogP contribution in [0.3, 0.4) is 0 Å². The fraction of sp³-hybridized carbons (Fsp3) is 0.600. The van der Waals surface area contributed by atoms with Gasteiger partial charge in [0.1, 0.15) is 0 Å². The smallest absolute Gasteiger partial charge is 0.248 e. The molecule has 4 rings (SSSR count). The largest absolute Gasteiger partial charge is 0.370 e. The van der Waals surface area contributed by atoms with Crippen LogP contribution in [0.15, 0.2) is 18.2 Å². The molecule has 3 fully saturated rings. The highest BCUT2D eigenvalue weighted by atomic mass is 16.2. The van der Waals surface area contributed by atoms with Gasteiger partial charge in [-0.15, -0.1) is 0 Å². The Bertz CT molecular complexity index is 682. The van der Waals surface area contributed by atoms with Crippen molar-refractivity contribution in [2.24, 2.45) is 23.5 Å². The fourth-order valence-electron chi connectivity index (χ4n) is 5.09. The zero-order chi connectivity index (χ0) is 17.4. The lowest BCUT2D eigenvalue weighted by Gasteiger charge is -2.24. The second-order valence-corrected chi connectivity index (χ2v) is 7.98. The first-order valence-corrected chi connectivity index (χ1v) is 9.59. The van der Waals surface area contributed by atoms with Gasteiger partial charge < -0.3 is 16.0 Å². The molecule has 1 aromatic rings. The van der Waals surface area contributed by atoms with Gasteiger partial charge >= 0.3 is 0 Å². The third kappa shape index (κ3) is 3.37. The van der Waals surface area contributed by atoms with E-state index in [4.69, 9.17) is 5.73 Å². The van der Waals surface area contributed by atoms with Crippen LogP contribution in [0.2, 0.25) is 0 Å². The lowest BCUT2D eigenvalue weighted by Crippen LogP contribution is -2.24. The van der Waals surface area contributed by atoms with Gasteiger partial charge in [-0.1, -0.05) is 6.42 Å². The molecule has 1 aliphatic heterocycles. The Balaban J connectivity index is 1.50. The zero-order valence-corrected chi connectivity index (χ0v) is 14.7. The van der Waals surface area contributed by atoms with Crippen molar-refractivity contribution >= 4 is 23.2 Å². The van der Waals surface area contributed by atoms with Crippen molar-refractivity contribution in [2.45, 2.75) is 44.9 Å². The summed E-state index contributed by atoms with van der Waals surface area (Å²) in [4.78, 5) is 26.5. The van der Waals surface area contributed by atoms with Crippen LogP contribution in [0, 0.1) is 17.8 Å². The highest BCUT2D eigenvalue weighted by Gasteiger charge is 2.40. The lowest BCUT2D eigenvalue weighted by atomic mass is 9.86. The van der Waals surface area contributed by atoms with Crippen LogP contribution in [0.4, 0.5) is 11.4 Å². The van der Waals surface area contributed by atoms with Crippen molar-refractivity contribution in [2.75, 3.05) is 23.3 Å². The minimum absolute atomic E-state index is 0.0691. The third-order valence-corrected chi connectivity index (χ3v) is 6.33. The number of benzene rings is 1. The molecule has 0 aromatic heterocycles. The maximum Gasteiger partial charge on any atom is 0.248 e. The molecule has 134 valence electrons. The standard InChI is InChI=1S/C20H27N3O2/c21-20(25)15-5-6-18(23-7-1-2-8-23)17(11-15)22-19(24)12-16-10-13-3-4-14(16)9-13/h5-6,11,13-14,16H,1-4,7-10,12H2,(H2,21,25)(H,22,24). The first-order valence-electron chi connectivity index (χ1n) is 9.59. The molecule has 2 saturated carbocycles. The summed E-state index contributed by atoms with van der Waals surface area (Å²) in [7, 11) is 0. The maximum absolute atomic E-state index is 12.6. The summed E-state index contributed by atoms with van der Waals surface area (Å²) in [5, 5.41) is 3.08. The summed E-state index contributed by atoms with van der Waals surface area (Å²) in [5.74, 6) is 1.73. The average molecular weight is 341 g/mol. The molecule has 3 atom stereocenters. The summed E-state index contributed by atoms with van der Waals surface area (Å²) in [6.45, 7) is 1.98. The molecular formula is C20H27N3O2. The van der Waals surface area contributed by atoms with Gasteiger partial charge in [0.15, 0.2) is 0 Å². The van der Waals surface area contributed by atoms with E-state index >= 15 is 0 Å². The van der Waals surface area contributed by atoms with E-state index in [0.29, 0.717) is 17.9 Å². The minimum Gasteiger partial charge on any atom is -0.370 e. The van der Waals surface area contributed by atoms with Crippen LogP contribution in [0.5, 0.6) is 0 Å². The molecule has 2 aliphatic carbocycles. The Morgan fingerprint density at radius 2 is 1.96 bits per heavy atom. The van der Waals surface area contributed by atoms with E-state index in [0.717, 1.165) is 49.1 Å². The van der Waals surface area contributed by atoms with E-state index in [1.165, 1.54) is 25.7 Å². The monoisotopic (exact) mass is 341 g/mol. The Morgan fingerprint density at radius 1 is 1.16 bits per heavy atom. The van der Waals surface area contributed by atoms with Gasteiger partial charge in [-0.3, -0.25) is 9.59 Å². The lowest BCUT2D eigenvalue weighted by molar-refractivity contribution is -0.117. The number of anilines is 2. The number of hydrogen-bond acceptors (Lipinski definition) is 3. The maximum atomic E-state index is 12.6. The van der Waals surface area contributed by atoms with E-state index < -0.39 is 5.91 Å². The predicted molar refractivity (Wildman–Crippen MR) is 98.6 cm³/mol. The molecule has 3 N–H and O–H groups in total. The minimum atomic E-state index is -0.462. The second-order valence-electron chi connectivity index (χ2n) is 7.98.